The molecule has 9 heavy (non-hydrogen) atoms. The lowest BCUT2D eigenvalue weighted by atomic mass is 10.4. The molecule has 0 atom stereocenters. The molecule has 0 aromatic rings. The van der Waals surface area contributed by atoms with E-state index in [2.05, 4.69) is 10.9 Å². The van der Waals surface area contributed by atoms with E-state index < -0.39 is 0 Å². The van der Waals surface area contributed by atoms with Crippen molar-refractivity contribution in [1.29, 1.82) is 0 Å². The molecule has 0 aliphatic carbocycles. The van der Waals surface area contributed by atoms with Gasteiger partial charge in [-0.25, -0.2) is 5.43 Å². The van der Waals surface area contributed by atoms with Gasteiger partial charge >= 0.3 is 0 Å². The van der Waals surface area contributed by atoms with E-state index in [-0.39, 0.29) is 0 Å². The minimum atomic E-state index is 1.26. The molecule has 2 nitrogen and oxygen atoms in total. The Bertz CT molecular complexity index is 63.3. The fourth-order valence-corrected chi connectivity index (χ4v) is 0.217. The standard InChI is InChI=1S/C5H12N2.C2H6/c1-5(2)4-7-6-3;1-2/h4,6-7H,1-3H3;1-2H3. The van der Waals surface area contributed by atoms with E-state index in [9.17, 15) is 0 Å². The maximum Gasteiger partial charge on any atom is 0.0111 e. The Morgan fingerprint density at radius 1 is 1.22 bits per heavy atom. The van der Waals surface area contributed by atoms with Crippen LogP contribution in [0, 0.1) is 0 Å². The van der Waals surface area contributed by atoms with Crippen LogP contribution in [0.1, 0.15) is 27.7 Å². The third-order valence-corrected chi connectivity index (χ3v) is 0.505. The van der Waals surface area contributed by atoms with Crippen LogP contribution in [0.2, 0.25) is 0 Å². The Hall–Kier alpha value is -0.500. The zero-order valence-electron chi connectivity index (χ0n) is 7.08. The highest BCUT2D eigenvalue weighted by Crippen LogP contribution is 1.80. The highest BCUT2D eigenvalue weighted by atomic mass is 15.3. The molecule has 0 unspecified atom stereocenters. The summed E-state index contributed by atoms with van der Waals surface area (Å²) in [5.41, 5.74) is 6.87. The van der Waals surface area contributed by atoms with E-state index in [0.29, 0.717) is 0 Å². The largest absolute Gasteiger partial charge is 0.329 e. The Labute approximate surface area is 58.3 Å². The number of hydrogen-bond donors (Lipinski definition) is 2. The maximum absolute atomic E-state index is 2.84. The van der Waals surface area contributed by atoms with Crippen LogP contribution in [0.5, 0.6) is 0 Å². The van der Waals surface area contributed by atoms with Crippen molar-refractivity contribution in [3.8, 4) is 0 Å². The van der Waals surface area contributed by atoms with E-state index in [1.54, 1.807) is 0 Å². The number of nitrogens with one attached hydrogen (secondary N) is 2. The second kappa shape index (κ2) is 10.5. The first-order valence-corrected chi connectivity index (χ1v) is 3.33. The molecule has 0 rings (SSSR count). The van der Waals surface area contributed by atoms with E-state index in [4.69, 9.17) is 0 Å². The molecule has 0 aromatic carbocycles. The molecule has 2 N–H and O–H groups in total. The SMILES string of the molecule is CC.CNNC=C(C)C. The Kier molecular flexibility index (Phi) is 13.2. The van der Waals surface area contributed by atoms with Crippen molar-refractivity contribution < 1.29 is 0 Å². The van der Waals surface area contributed by atoms with Crippen molar-refractivity contribution in [2.24, 2.45) is 0 Å². The fourth-order valence-electron chi connectivity index (χ4n) is 0.217. The molecule has 0 bridgehead atoms. The zero-order valence-corrected chi connectivity index (χ0v) is 7.08. The van der Waals surface area contributed by atoms with Crippen LogP contribution in [-0.4, -0.2) is 7.05 Å². The lowest BCUT2D eigenvalue weighted by Gasteiger charge is -1.93. The second-order valence-electron chi connectivity index (χ2n) is 1.62. The van der Waals surface area contributed by atoms with Gasteiger partial charge in [0.05, 0.1) is 0 Å². The van der Waals surface area contributed by atoms with Gasteiger partial charge < -0.3 is 5.43 Å². The van der Waals surface area contributed by atoms with E-state index >= 15 is 0 Å². The number of allylic oxidation sites excluding steroid dienone is 1. The molecule has 0 radical (unpaired) electrons. The van der Waals surface area contributed by atoms with Crippen LogP contribution in [0.4, 0.5) is 0 Å². The summed E-state index contributed by atoms with van der Waals surface area (Å²) >= 11 is 0. The van der Waals surface area contributed by atoms with Crippen LogP contribution >= 0.6 is 0 Å². The van der Waals surface area contributed by atoms with Gasteiger partial charge in [0.2, 0.25) is 0 Å². The molecular formula is C7H18N2. The van der Waals surface area contributed by atoms with Crippen molar-refractivity contribution in [3.63, 3.8) is 0 Å². The Balaban J connectivity index is 0. The molecular weight excluding hydrogens is 112 g/mol. The monoisotopic (exact) mass is 130 g/mol. The lowest BCUT2D eigenvalue weighted by molar-refractivity contribution is 0.725. The third kappa shape index (κ3) is 18.5. The number of rotatable bonds is 2. The van der Waals surface area contributed by atoms with Crippen molar-refractivity contribution in [2.45, 2.75) is 27.7 Å². The fraction of sp³-hybridized carbons (Fsp3) is 0.714. The smallest absolute Gasteiger partial charge is 0.0111 e. The quantitative estimate of drug-likeness (QED) is 0.555. The van der Waals surface area contributed by atoms with E-state index in [1.165, 1.54) is 5.57 Å². The van der Waals surface area contributed by atoms with Crippen LogP contribution in [0.25, 0.3) is 0 Å². The van der Waals surface area contributed by atoms with E-state index in [1.807, 2.05) is 40.9 Å². The minimum absolute atomic E-state index is 1.26. The van der Waals surface area contributed by atoms with Gasteiger partial charge in [-0.3, -0.25) is 0 Å². The lowest BCUT2D eigenvalue weighted by Crippen LogP contribution is -2.21. The van der Waals surface area contributed by atoms with Gasteiger partial charge in [-0.15, -0.1) is 0 Å². The van der Waals surface area contributed by atoms with Crippen LogP contribution < -0.4 is 10.9 Å². The van der Waals surface area contributed by atoms with Crippen LogP contribution in [0.15, 0.2) is 11.8 Å². The van der Waals surface area contributed by atoms with Crippen molar-refractivity contribution in [1.82, 2.24) is 10.9 Å². The number of hydrazine groups is 1. The molecule has 0 fully saturated rings. The summed E-state index contributed by atoms with van der Waals surface area (Å²) in [4.78, 5) is 0. The molecule has 0 saturated heterocycles. The summed E-state index contributed by atoms with van der Waals surface area (Å²) in [6.45, 7) is 8.06. The van der Waals surface area contributed by atoms with Gasteiger partial charge in [0.1, 0.15) is 0 Å². The topological polar surface area (TPSA) is 24.1 Å². The predicted octanol–water partition coefficient (Wildman–Crippen LogP) is 1.66. The highest BCUT2D eigenvalue weighted by molar-refractivity contribution is 4.89. The number of hydrogen-bond acceptors (Lipinski definition) is 2. The maximum atomic E-state index is 2.84. The van der Waals surface area contributed by atoms with Gasteiger partial charge in [0, 0.05) is 13.2 Å². The van der Waals surface area contributed by atoms with Gasteiger partial charge in [-0.05, 0) is 13.8 Å². The minimum Gasteiger partial charge on any atom is -0.329 e. The van der Waals surface area contributed by atoms with Crippen LogP contribution in [-0.2, 0) is 0 Å². The van der Waals surface area contributed by atoms with Crippen LogP contribution in [0.3, 0.4) is 0 Å². The molecule has 0 spiro atoms. The molecule has 0 saturated carbocycles. The summed E-state index contributed by atoms with van der Waals surface area (Å²) in [6.07, 6.45) is 1.90. The molecule has 0 amide bonds. The molecule has 0 aliphatic heterocycles. The van der Waals surface area contributed by atoms with Crippen molar-refractivity contribution in [3.05, 3.63) is 11.8 Å². The third-order valence-electron chi connectivity index (χ3n) is 0.505. The first-order valence-electron chi connectivity index (χ1n) is 3.33. The highest BCUT2D eigenvalue weighted by Gasteiger charge is 1.68. The van der Waals surface area contributed by atoms with Gasteiger partial charge in [0.15, 0.2) is 0 Å². The predicted molar refractivity (Wildman–Crippen MR) is 43.0 cm³/mol. The van der Waals surface area contributed by atoms with Gasteiger partial charge in [0.25, 0.3) is 0 Å². The summed E-state index contributed by atoms with van der Waals surface area (Å²) < 4.78 is 0. The summed E-state index contributed by atoms with van der Waals surface area (Å²) in [6, 6.07) is 0. The normalized spacial score (nSPS) is 6.78. The summed E-state index contributed by atoms with van der Waals surface area (Å²) in [7, 11) is 1.83. The first kappa shape index (κ1) is 11.3. The summed E-state index contributed by atoms with van der Waals surface area (Å²) in [5.74, 6) is 0. The van der Waals surface area contributed by atoms with E-state index in [0.717, 1.165) is 0 Å². The van der Waals surface area contributed by atoms with Crippen molar-refractivity contribution >= 4 is 0 Å². The molecule has 0 aromatic heterocycles. The molecule has 0 aliphatic rings. The van der Waals surface area contributed by atoms with Gasteiger partial charge in [-0.1, -0.05) is 19.4 Å². The molecule has 0 heterocycles. The van der Waals surface area contributed by atoms with Gasteiger partial charge in [-0.2, -0.15) is 0 Å². The van der Waals surface area contributed by atoms with Crippen molar-refractivity contribution in [2.75, 3.05) is 7.05 Å². The zero-order chi connectivity index (χ0) is 7.70. The first-order chi connectivity index (χ1) is 4.27. The average Bonchev–Trinajstić information content (AvgIpc) is 1.88. The second-order valence-corrected chi connectivity index (χ2v) is 1.62. The average molecular weight is 130 g/mol. The molecule has 56 valence electrons. The Morgan fingerprint density at radius 2 is 1.67 bits per heavy atom. The Morgan fingerprint density at radius 3 is 1.78 bits per heavy atom. The summed E-state index contributed by atoms with van der Waals surface area (Å²) in [5, 5.41) is 0. The molecule has 2 heteroatoms.